The Morgan fingerprint density at radius 2 is 1.83 bits per heavy atom. The average Bonchev–Trinajstić information content (AvgIpc) is 1.85. The highest BCUT2D eigenvalue weighted by molar-refractivity contribution is 7.90. The first-order chi connectivity index (χ1) is 5.19. The lowest BCUT2D eigenvalue weighted by Crippen LogP contribution is -2.41. The van der Waals surface area contributed by atoms with Crippen LogP contribution in [0.1, 0.15) is 27.7 Å². The van der Waals surface area contributed by atoms with E-state index in [1.165, 1.54) is 0 Å². The fourth-order valence-corrected chi connectivity index (χ4v) is 1.62. The van der Waals surface area contributed by atoms with Gasteiger partial charge in [-0.05, 0) is 12.3 Å². The monoisotopic (exact) mass is 213 g/mol. The number of hydrogen-bond acceptors (Lipinski definition) is 2. The van der Waals surface area contributed by atoms with Crippen LogP contribution in [0.5, 0.6) is 0 Å². The van der Waals surface area contributed by atoms with Gasteiger partial charge in [0, 0.05) is 6.04 Å². The van der Waals surface area contributed by atoms with Crippen LogP contribution in [0.25, 0.3) is 0 Å². The molecular weight excluding hydrogens is 198 g/mol. The second kappa shape index (κ2) is 3.94. The van der Waals surface area contributed by atoms with Gasteiger partial charge in [0.25, 0.3) is 0 Å². The standard InChI is InChI=1S/C7H16ClNO2S/c1-6(7(2,3)4)9-12(10,11)5-8/h6,9H,5H2,1-4H3. The van der Waals surface area contributed by atoms with Crippen molar-refractivity contribution in [1.29, 1.82) is 0 Å². The summed E-state index contributed by atoms with van der Waals surface area (Å²) < 4.78 is 24.5. The Kier molecular flexibility index (Phi) is 4.00. The van der Waals surface area contributed by atoms with Crippen LogP contribution in [-0.4, -0.2) is 19.7 Å². The third-order valence-corrected chi connectivity index (χ3v) is 3.66. The van der Waals surface area contributed by atoms with Gasteiger partial charge in [-0.1, -0.05) is 20.8 Å². The van der Waals surface area contributed by atoms with Gasteiger partial charge in [-0.3, -0.25) is 0 Å². The van der Waals surface area contributed by atoms with Crippen molar-refractivity contribution in [2.45, 2.75) is 33.7 Å². The summed E-state index contributed by atoms with van der Waals surface area (Å²) in [6.45, 7) is 7.72. The first-order valence-corrected chi connectivity index (χ1v) is 5.93. The molecule has 1 unspecified atom stereocenters. The van der Waals surface area contributed by atoms with E-state index in [1.54, 1.807) is 0 Å². The van der Waals surface area contributed by atoms with Crippen molar-refractivity contribution < 1.29 is 8.42 Å². The van der Waals surface area contributed by atoms with Crippen LogP contribution in [0.4, 0.5) is 0 Å². The van der Waals surface area contributed by atoms with E-state index in [4.69, 9.17) is 11.6 Å². The molecule has 0 heterocycles. The second-order valence-corrected chi connectivity index (χ2v) is 6.27. The van der Waals surface area contributed by atoms with E-state index in [9.17, 15) is 8.42 Å². The lowest BCUT2D eigenvalue weighted by Gasteiger charge is -2.27. The van der Waals surface area contributed by atoms with Crippen LogP contribution in [0.15, 0.2) is 0 Å². The fraction of sp³-hybridized carbons (Fsp3) is 1.00. The summed E-state index contributed by atoms with van der Waals surface area (Å²) in [4.78, 5) is 0. The van der Waals surface area contributed by atoms with Gasteiger partial charge in [-0.2, -0.15) is 0 Å². The molecule has 3 nitrogen and oxygen atoms in total. The van der Waals surface area contributed by atoms with Crippen molar-refractivity contribution in [3.05, 3.63) is 0 Å². The van der Waals surface area contributed by atoms with Crippen LogP contribution >= 0.6 is 11.6 Å². The first kappa shape index (κ1) is 12.2. The molecule has 0 aliphatic rings. The minimum Gasteiger partial charge on any atom is -0.211 e. The molecular formula is C7H16ClNO2S. The Hall–Kier alpha value is 0.200. The molecule has 5 heteroatoms. The van der Waals surface area contributed by atoms with E-state index in [0.717, 1.165) is 0 Å². The molecule has 0 saturated heterocycles. The SMILES string of the molecule is CC(NS(=O)(=O)CCl)C(C)(C)C. The maximum absolute atomic E-state index is 11.0. The highest BCUT2D eigenvalue weighted by Gasteiger charge is 2.23. The van der Waals surface area contributed by atoms with Crippen molar-refractivity contribution in [3.63, 3.8) is 0 Å². The highest BCUT2D eigenvalue weighted by Crippen LogP contribution is 2.19. The topological polar surface area (TPSA) is 46.2 Å². The van der Waals surface area contributed by atoms with E-state index in [-0.39, 0.29) is 16.7 Å². The Bertz CT molecular complexity index is 230. The molecule has 1 N–H and O–H groups in total. The molecule has 0 rings (SSSR count). The molecule has 0 spiro atoms. The lowest BCUT2D eigenvalue weighted by atomic mass is 9.89. The van der Waals surface area contributed by atoms with E-state index in [2.05, 4.69) is 4.72 Å². The van der Waals surface area contributed by atoms with Gasteiger partial charge in [0.2, 0.25) is 10.0 Å². The van der Waals surface area contributed by atoms with Gasteiger partial charge in [-0.15, -0.1) is 11.6 Å². The predicted molar refractivity (Wildman–Crippen MR) is 51.7 cm³/mol. The van der Waals surface area contributed by atoms with Gasteiger partial charge >= 0.3 is 0 Å². The molecule has 0 fully saturated rings. The van der Waals surface area contributed by atoms with Crippen LogP contribution in [0, 0.1) is 5.41 Å². The Morgan fingerprint density at radius 1 is 1.42 bits per heavy atom. The molecule has 12 heavy (non-hydrogen) atoms. The molecule has 74 valence electrons. The molecule has 0 saturated carbocycles. The van der Waals surface area contributed by atoms with Gasteiger partial charge in [0.05, 0.1) is 0 Å². The summed E-state index contributed by atoms with van der Waals surface area (Å²) in [5, 5.41) is -0.382. The minimum atomic E-state index is -3.29. The summed E-state index contributed by atoms with van der Waals surface area (Å²) in [5.41, 5.74) is -0.0842. The molecule has 0 radical (unpaired) electrons. The molecule has 0 amide bonds. The van der Waals surface area contributed by atoms with Crippen LogP contribution in [0.2, 0.25) is 0 Å². The van der Waals surface area contributed by atoms with Crippen molar-refractivity contribution >= 4 is 21.6 Å². The van der Waals surface area contributed by atoms with E-state index in [1.807, 2.05) is 27.7 Å². The summed E-state index contributed by atoms with van der Waals surface area (Å²) >= 11 is 5.24. The number of hydrogen-bond donors (Lipinski definition) is 1. The Morgan fingerprint density at radius 3 is 2.08 bits per heavy atom. The maximum Gasteiger partial charge on any atom is 0.225 e. The van der Waals surface area contributed by atoms with Crippen molar-refractivity contribution in [2.24, 2.45) is 5.41 Å². The maximum atomic E-state index is 11.0. The van der Waals surface area contributed by atoms with Crippen LogP contribution in [-0.2, 0) is 10.0 Å². The zero-order valence-corrected chi connectivity index (χ0v) is 9.46. The number of halogens is 1. The van der Waals surface area contributed by atoms with Crippen LogP contribution in [0.3, 0.4) is 0 Å². The van der Waals surface area contributed by atoms with E-state index >= 15 is 0 Å². The number of nitrogens with one attached hydrogen (secondary N) is 1. The first-order valence-electron chi connectivity index (χ1n) is 3.75. The smallest absolute Gasteiger partial charge is 0.211 e. The third-order valence-electron chi connectivity index (χ3n) is 1.80. The van der Waals surface area contributed by atoms with Crippen molar-refractivity contribution in [2.75, 3.05) is 5.21 Å². The molecule has 0 aromatic carbocycles. The molecule has 0 aliphatic carbocycles. The van der Waals surface area contributed by atoms with Gasteiger partial charge in [0.15, 0.2) is 0 Å². The number of sulfonamides is 1. The molecule has 0 bridgehead atoms. The van der Waals surface area contributed by atoms with Gasteiger partial charge in [-0.25, -0.2) is 13.1 Å². The minimum absolute atomic E-state index is 0.0842. The molecule has 0 aliphatic heterocycles. The fourth-order valence-electron chi connectivity index (χ4n) is 0.478. The Labute approximate surface area is 79.5 Å². The summed E-state index contributed by atoms with van der Waals surface area (Å²) in [5.74, 6) is 0. The number of rotatable bonds is 3. The second-order valence-electron chi connectivity index (χ2n) is 3.93. The quantitative estimate of drug-likeness (QED) is 0.723. The Balaban J connectivity index is 4.30. The summed E-state index contributed by atoms with van der Waals surface area (Å²) in [6.07, 6.45) is 0. The predicted octanol–water partition coefficient (Wildman–Crippen LogP) is 1.54. The number of alkyl halides is 1. The summed E-state index contributed by atoms with van der Waals surface area (Å²) in [7, 11) is -3.29. The average molecular weight is 214 g/mol. The van der Waals surface area contributed by atoms with Crippen molar-refractivity contribution in [1.82, 2.24) is 4.72 Å². The normalized spacial score (nSPS) is 16.1. The molecule has 0 aromatic rings. The molecule has 0 aromatic heterocycles. The zero-order chi connectivity index (χ0) is 9.99. The van der Waals surface area contributed by atoms with Gasteiger partial charge in [0.1, 0.15) is 5.21 Å². The molecule has 1 atom stereocenters. The van der Waals surface area contributed by atoms with Crippen LogP contribution < -0.4 is 4.72 Å². The zero-order valence-electron chi connectivity index (χ0n) is 7.89. The lowest BCUT2D eigenvalue weighted by molar-refractivity contribution is 0.318. The van der Waals surface area contributed by atoms with E-state index in [0.29, 0.717) is 0 Å². The van der Waals surface area contributed by atoms with Gasteiger partial charge < -0.3 is 0 Å². The third kappa shape index (κ3) is 4.28. The van der Waals surface area contributed by atoms with Crippen molar-refractivity contribution in [3.8, 4) is 0 Å². The largest absolute Gasteiger partial charge is 0.225 e. The summed E-state index contributed by atoms with van der Waals surface area (Å²) in [6, 6.07) is -0.110. The highest BCUT2D eigenvalue weighted by atomic mass is 35.5. The van der Waals surface area contributed by atoms with E-state index < -0.39 is 10.0 Å².